The van der Waals surface area contributed by atoms with E-state index in [0.29, 0.717) is 35.9 Å². The Morgan fingerprint density at radius 2 is 2.20 bits per heavy atom. The van der Waals surface area contributed by atoms with E-state index in [2.05, 4.69) is 20.6 Å². The molecular weight excluding hydrogens is 345 g/mol. The van der Waals surface area contributed by atoms with Crippen molar-refractivity contribution in [1.82, 2.24) is 29.9 Å². The maximum absolute atomic E-state index is 14.5. The Morgan fingerprint density at radius 3 is 2.88 bits per heavy atom. The minimum absolute atomic E-state index is 0.266. The zero-order valence-electron chi connectivity index (χ0n) is 13.4. The first-order valence-electron chi connectivity index (χ1n) is 7.37. The molecule has 25 heavy (non-hydrogen) atoms. The van der Waals surface area contributed by atoms with Gasteiger partial charge in [0, 0.05) is 18.8 Å². The summed E-state index contributed by atoms with van der Waals surface area (Å²) >= 11 is 4.89. The Kier molecular flexibility index (Phi) is 5.00. The molecule has 3 aromatic rings. The van der Waals surface area contributed by atoms with E-state index in [1.807, 2.05) is 0 Å². The highest BCUT2D eigenvalue weighted by Gasteiger charge is 2.10. The Labute approximate surface area is 148 Å². The average molecular weight is 361 g/mol. The Bertz CT molecular complexity index is 892. The number of nitrogens with zero attached hydrogens (tertiary/aromatic N) is 5. The number of nitrogens with two attached hydrogens (primary N) is 1. The van der Waals surface area contributed by atoms with E-state index < -0.39 is 5.82 Å². The molecule has 0 amide bonds. The molecule has 0 atom stereocenters. The van der Waals surface area contributed by atoms with Crippen molar-refractivity contribution in [2.24, 2.45) is 5.73 Å². The Morgan fingerprint density at radius 1 is 1.36 bits per heavy atom. The van der Waals surface area contributed by atoms with Gasteiger partial charge in [-0.2, -0.15) is 0 Å². The van der Waals surface area contributed by atoms with Crippen LogP contribution in [0.1, 0.15) is 11.4 Å². The molecule has 0 radical (unpaired) electrons. The first-order valence-corrected chi connectivity index (χ1v) is 7.78. The van der Waals surface area contributed by atoms with Crippen LogP contribution in [-0.2, 0) is 17.8 Å². The van der Waals surface area contributed by atoms with Crippen LogP contribution in [-0.4, -0.2) is 36.8 Å². The fourth-order valence-corrected chi connectivity index (χ4v) is 2.26. The Hall–Kier alpha value is -2.85. The summed E-state index contributed by atoms with van der Waals surface area (Å²) in [6.07, 6.45) is 4.90. The molecule has 2 heterocycles. The van der Waals surface area contributed by atoms with Crippen LogP contribution < -0.4 is 11.1 Å². The number of nitrogens with one attached hydrogen (secondary N) is 1. The molecule has 10 heteroatoms. The van der Waals surface area contributed by atoms with Crippen molar-refractivity contribution in [1.29, 1.82) is 0 Å². The van der Waals surface area contributed by atoms with Gasteiger partial charge < -0.3 is 20.4 Å². The first kappa shape index (κ1) is 17.0. The molecule has 0 fully saturated rings. The maximum atomic E-state index is 14.5. The lowest BCUT2D eigenvalue weighted by atomic mass is 10.2. The second-order valence-corrected chi connectivity index (χ2v) is 5.48. The highest BCUT2D eigenvalue weighted by atomic mass is 32.1. The molecule has 130 valence electrons. The second kappa shape index (κ2) is 7.36. The maximum Gasteiger partial charge on any atom is 0.256 e. The summed E-state index contributed by atoms with van der Waals surface area (Å²) in [5.74, 6) is -0.408. The number of thiocarbonyl (C=S) groups is 1. The number of rotatable bonds is 5. The molecule has 1 aromatic carbocycles. The van der Waals surface area contributed by atoms with Crippen LogP contribution in [0.15, 0.2) is 36.9 Å². The molecule has 0 spiro atoms. The SMILES string of the molecule is COC(=S)NCc1cn(-c2ccc(-n3cnc(CN)c3)c(F)c2)nn1. The van der Waals surface area contributed by atoms with Crippen LogP contribution in [0.4, 0.5) is 4.39 Å². The Balaban J connectivity index is 1.78. The number of ether oxygens (including phenoxy) is 1. The molecule has 2 aromatic heterocycles. The number of methoxy groups -OCH3 is 1. The number of benzene rings is 1. The van der Waals surface area contributed by atoms with E-state index in [-0.39, 0.29) is 5.17 Å². The van der Waals surface area contributed by atoms with E-state index in [1.54, 1.807) is 29.1 Å². The zero-order chi connectivity index (χ0) is 17.8. The fourth-order valence-electron chi connectivity index (χ4n) is 2.19. The van der Waals surface area contributed by atoms with Crippen LogP contribution >= 0.6 is 12.2 Å². The first-order chi connectivity index (χ1) is 12.1. The van der Waals surface area contributed by atoms with Gasteiger partial charge in [-0.15, -0.1) is 5.10 Å². The van der Waals surface area contributed by atoms with E-state index >= 15 is 0 Å². The minimum Gasteiger partial charge on any atom is -0.474 e. The summed E-state index contributed by atoms with van der Waals surface area (Å²) in [7, 11) is 1.48. The monoisotopic (exact) mass is 361 g/mol. The van der Waals surface area contributed by atoms with Crippen molar-refractivity contribution in [3.05, 3.63) is 54.1 Å². The molecule has 8 nitrogen and oxygen atoms in total. The van der Waals surface area contributed by atoms with E-state index in [4.69, 9.17) is 22.7 Å². The summed E-state index contributed by atoms with van der Waals surface area (Å²) in [5.41, 5.74) is 7.78. The van der Waals surface area contributed by atoms with Crippen LogP contribution in [0.25, 0.3) is 11.4 Å². The molecule has 3 N–H and O–H groups in total. The van der Waals surface area contributed by atoms with Gasteiger partial charge in [0.05, 0.1) is 43.2 Å². The average Bonchev–Trinajstić information content (AvgIpc) is 3.28. The molecule has 0 aliphatic carbocycles. The van der Waals surface area contributed by atoms with Gasteiger partial charge in [-0.1, -0.05) is 5.21 Å². The molecule has 3 rings (SSSR count). The van der Waals surface area contributed by atoms with Crippen LogP contribution in [0.5, 0.6) is 0 Å². The second-order valence-electron chi connectivity index (χ2n) is 5.11. The number of halogens is 1. The molecule has 0 unspecified atom stereocenters. The third kappa shape index (κ3) is 3.80. The number of aromatic nitrogens is 5. The van der Waals surface area contributed by atoms with Gasteiger partial charge in [0.15, 0.2) is 0 Å². The minimum atomic E-state index is -0.408. The third-order valence-electron chi connectivity index (χ3n) is 3.46. The smallest absolute Gasteiger partial charge is 0.256 e. The molecule has 0 aliphatic heterocycles. The lowest BCUT2D eigenvalue weighted by molar-refractivity contribution is 0.392. The van der Waals surface area contributed by atoms with Crippen LogP contribution in [0.2, 0.25) is 0 Å². The normalized spacial score (nSPS) is 10.7. The van der Waals surface area contributed by atoms with Crippen molar-refractivity contribution >= 4 is 17.4 Å². The summed E-state index contributed by atoms with van der Waals surface area (Å²) in [6.45, 7) is 0.666. The number of hydrogen-bond donors (Lipinski definition) is 2. The van der Waals surface area contributed by atoms with Gasteiger partial charge in [0.1, 0.15) is 11.5 Å². The molecule has 0 bridgehead atoms. The van der Waals surface area contributed by atoms with Gasteiger partial charge in [-0.05, 0) is 24.4 Å². The topological polar surface area (TPSA) is 95.8 Å². The van der Waals surface area contributed by atoms with E-state index in [0.717, 1.165) is 0 Å². The number of hydrogen-bond acceptors (Lipinski definition) is 6. The van der Waals surface area contributed by atoms with Gasteiger partial charge in [0.25, 0.3) is 5.17 Å². The summed E-state index contributed by atoms with van der Waals surface area (Å²) < 4.78 is 22.4. The highest BCUT2D eigenvalue weighted by molar-refractivity contribution is 7.80. The van der Waals surface area contributed by atoms with Crippen molar-refractivity contribution in [2.45, 2.75) is 13.1 Å². The van der Waals surface area contributed by atoms with Gasteiger partial charge in [-0.3, -0.25) is 0 Å². The molecule has 0 saturated carbocycles. The molecule has 0 aliphatic rings. The van der Waals surface area contributed by atoms with E-state index in [1.165, 1.54) is 24.2 Å². The van der Waals surface area contributed by atoms with Gasteiger partial charge >= 0.3 is 0 Å². The standard InChI is InChI=1S/C15H16FN7OS/c1-24-15(25)18-6-11-8-23(21-20-11)12-2-3-14(13(16)4-12)22-7-10(5-17)19-9-22/h2-4,7-9H,5-6,17H2,1H3,(H,18,25). The summed E-state index contributed by atoms with van der Waals surface area (Å²) in [4.78, 5) is 4.09. The third-order valence-corrected chi connectivity index (χ3v) is 3.77. The molecular formula is C15H16FN7OS. The summed E-state index contributed by atoms with van der Waals surface area (Å²) in [5, 5.41) is 11.1. The largest absolute Gasteiger partial charge is 0.474 e. The van der Waals surface area contributed by atoms with Crippen molar-refractivity contribution in [2.75, 3.05) is 7.11 Å². The van der Waals surface area contributed by atoms with Gasteiger partial charge in [-0.25, -0.2) is 14.1 Å². The van der Waals surface area contributed by atoms with Gasteiger partial charge in [0.2, 0.25) is 0 Å². The fraction of sp³-hybridized carbons (Fsp3) is 0.200. The van der Waals surface area contributed by atoms with Crippen molar-refractivity contribution in [3.63, 3.8) is 0 Å². The lowest BCUT2D eigenvalue weighted by Crippen LogP contribution is -2.22. The van der Waals surface area contributed by atoms with Crippen LogP contribution in [0, 0.1) is 5.82 Å². The number of imidazole rings is 1. The van der Waals surface area contributed by atoms with E-state index in [9.17, 15) is 4.39 Å². The summed E-state index contributed by atoms with van der Waals surface area (Å²) in [6, 6.07) is 4.77. The predicted molar refractivity (Wildman–Crippen MR) is 92.8 cm³/mol. The molecule has 0 saturated heterocycles. The zero-order valence-corrected chi connectivity index (χ0v) is 14.2. The highest BCUT2D eigenvalue weighted by Crippen LogP contribution is 2.18. The lowest BCUT2D eigenvalue weighted by Gasteiger charge is -2.06. The van der Waals surface area contributed by atoms with Crippen LogP contribution in [0.3, 0.4) is 0 Å². The quantitative estimate of drug-likeness (QED) is 0.656. The van der Waals surface area contributed by atoms with Crippen molar-refractivity contribution < 1.29 is 9.13 Å². The van der Waals surface area contributed by atoms with Crippen molar-refractivity contribution in [3.8, 4) is 11.4 Å². The predicted octanol–water partition coefficient (Wildman–Crippen LogP) is 1.07.